The van der Waals surface area contributed by atoms with Crippen molar-refractivity contribution in [2.75, 3.05) is 13.6 Å². The van der Waals surface area contributed by atoms with Gasteiger partial charge in [0, 0.05) is 33.0 Å². The van der Waals surface area contributed by atoms with E-state index in [1.807, 2.05) is 91.0 Å². The Hall–Kier alpha value is -3.97. The molecule has 3 aromatic rings. The molecule has 3 amide bonds. The molecule has 0 radical (unpaired) electrons. The maximum Gasteiger partial charge on any atom is 0.245 e. The Bertz CT molecular complexity index is 1190. The van der Waals surface area contributed by atoms with E-state index in [9.17, 15) is 19.5 Å². The number of hydrogen-bond donors (Lipinski definition) is 2. The van der Waals surface area contributed by atoms with Gasteiger partial charge in [0.05, 0.1) is 12.5 Å². The number of benzene rings is 3. The molecule has 0 saturated carbocycles. The minimum absolute atomic E-state index is 0.0922. The molecular weight excluding hydrogens is 466 g/mol. The Kier molecular flexibility index (Phi) is 8.69. The van der Waals surface area contributed by atoms with Crippen molar-refractivity contribution in [2.24, 2.45) is 0 Å². The first-order chi connectivity index (χ1) is 17.9. The highest BCUT2D eigenvalue weighted by Crippen LogP contribution is 2.20. The van der Waals surface area contributed by atoms with Crippen LogP contribution in [-0.4, -0.2) is 64.4 Å². The fourth-order valence-corrected chi connectivity index (χ4v) is 4.73. The van der Waals surface area contributed by atoms with Crippen LogP contribution in [0.25, 0.3) is 0 Å². The summed E-state index contributed by atoms with van der Waals surface area (Å²) in [6, 6.07) is 26.8. The summed E-state index contributed by atoms with van der Waals surface area (Å²) in [5.74, 6) is -0.878. The number of nitrogens with zero attached hydrogens (tertiary/aromatic N) is 2. The molecule has 192 valence electrons. The molecule has 1 aliphatic heterocycles. The van der Waals surface area contributed by atoms with Gasteiger partial charge in [-0.05, 0) is 16.7 Å². The lowest BCUT2D eigenvalue weighted by Gasteiger charge is -2.28. The second-order valence-corrected chi connectivity index (χ2v) is 9.54. The Morgan fingerprint density at radius 1 is 0.892 bits per heavy atom. The minimum atomic E-state index is -0.836. The molecule has 3 atom stereocenters. The number of aliphatic hydroxyl groups excluding tert-OH is 1. The van der Waals surface area contributed by atoms with E-state index in [4.69, 9.17) is 0 Å². The molecule has 7 nitrogen and oxygen atoms in total. The molecule has 1 aliphatic rings. The molecule has 1 saturated heterocycles. The van der Waals surface area contributed by atoms with Crippen molar-refractivity contribution in [3.05, 3.63) is 108 Å². The Morgan fingerprint density at radius 3 is 2.03 bits per heavy atom. The lowest BCUT2D eigenvalue weighted by molar-refractivity contribution is -0.140. The minimum Gasteiger partial charge on any atom is -0.391 e. The fourth-order valence-electron chi connectivity index (χ4n) is 4.73. The summed E-state index contributed by atoms with van der Waals surface area (Å²) in [6.45, 7) is 0.500. The highest BCUT2D eigenvalue weighted by atomic mass is 16.3. The van der Waals surface area contributed by atoms with Gasteiger partial charge >= 0.3 is 0 Å². The molecule has 0 bridgehead atoms. The van der Waals surface area contributed by atoms with Gasteiger partial charge in [0.25, 0.3) is 0 Å². The van der Waals surface area contributed by atoms with E-state index in [0.29, 0.717) is 13.0 Å². The number of aliphatic hydroxyl groups is 1. The SMILES string of the molecule is CN(Cc1ccccc1)C(=O)[C@@H](Cc1ccccc1)NC(=O)C1C[C@@H](O)CN1C(=O)Cc1ccccc1. The molecule has 4 rings (SSSR count). The summed E-state index contributed by atoms with van der Waals surface area (Å²) in [5.41, 5.74) is 2.74. The van der Waals surface area contributed by atoms with E-state index in [0.717, 1.165) is 16.7 Å². The summed E-state index contributed by atoms with van der Waals surface area (Å²) in [4.78, 5) is 43.1. The first-order valence-electron chi connectivity index (χ1n) is 12.6. The third-order valence-corrected chi connectivity index (χ3v) is 6.64. The molecule has 7 heteroatoms. The molecule has 1 heterocycles. The van der Waals surface area contributed by atoms with Gasteiger partial charge in [-0.3, -0.25) is 14.4 Å². The van der Waals surface area contributed by atoms with Gasteiger partial charge in [0.2, 0.25) is 17.7 Å². The van der Waals surface area contributed by atoms with E-state index in [2.05, 4.69) is 5.32 Å². The molecule has 0 aromatic heterocycles. The van der Waals surface area contributed by atoms with Gasteiger partial charge in [-0.2, -0.15) is 0 Å². The molecular formula is C30H33N3O4. The summed E-state index contributed by atoms with van der Waals surface area (Å²) in [6.07, 6.45) is -0.195. The van der Waals surface area contributed by atoms with Gasteiger partial charge < -0.3 is 20.2 Å². The van der Waals surface area contributed by atoms with Crippen LogP contribution in [0.2, 0.25) is 0 Å². The molecule has 0 spiro atoms. The Labute approximate surface area is 217 Å². The number of carbonyl (C=O) groups excluding carboxylic acids is 3. The van der Waals surface area contributed by atoms with Crippen LogP contribution < -0.4 is 5.32 Å². The fraction of sp³-hybridized carbons (Fsp3) is 0.300. The van der Waals surface area contributed by atoms with Crippen molar-refractivity contribution in [3.63, 3.8) is 0 Å². The van der Waals surface area contributed by atoms with Gasteiger partial charge in [-0.1, -0.05) is 91.0 Å². The molecule has 3 aromatic carbocycles. The Morgan fingerprint density at radius 2 is 1.43 bits per heavy atom. The third kappa shape index (κ3) is 7.05. The van der Waals surface area contributed by atoms with Crippen LogP contribution in [0.1, 0.15) is 23.1 Å². The maximum atomic E-state index is 13.5. The van der Waals surface area contributed by atoms with Crippen molar-refractivity contribution in [3.8, 4) is 0 Å². The zero-order valence-electron chi connectivity index (χ0n) is 21.0. The van der Waals surface area contributed by atoms with Crippen molar-refractivity contribution in [1.82, 2.24) is 15.1 Å². The number of hydrogen-bond acceptors (Lipinski definition) is 4. The third-order valence-electron chi connectivity index (χ3n) is 6.64. The number of β-amino-alcohol motifs (C(OH)–C–C–N with tert-alkyl or cyclic N) is 1. The maximum absolute atomic E-state index is 13.5. The first-order valence-corrected chi connectivity index (χ1v) is 12.6. The van der Waals surface area contributed by atoms with Crippen LogP contribution in [0.5, 0.6) is 0 Å². The summed E-state index contributed by atoms with van der Waals surface area (Å²) < 4.78 is 0. The predicted octanol–water partition coefficient (Wildman–Crippen LogP) is 2.58. The number of likely N-dealkylation sites (tertiary alicyclic amines) is 1. The zero-order valence-corrected chi connectivity index (χ0v) is 21.0. The van der Waals surface area contributed by atoms with Crippen LogP contribution >= 0.6 is 0 Å². The van der Waals surface area contributed by atoms with Gasteiger partial charge in [0.1, 0.15) is 12.1 Å². The number of amides is 3. The van der Waals surface area contributed by atoms with E-state index in [1.54, 1.807) is 11.9 Å². The van der Waals surface area contributed by atoms with Crippen molar-refractivity contribution >= 4 is 17.7 Å². The average Bonchev–Trinajstić information content (AvgIpc) is 3.31. The normalized spacial score (nSPS) is 17.7. The zero-order chi connectivity index (χ0) is 26.2. The van der Waals surface area contributed by atoms with Crippen LogP contribution in [0.3, 0.4) is 0 Å². The van der Waals surface area contributed by atoms with Crippen LogP contribution in [-0.2, 0) is 33.8 Å². The molecule has 0 aliphatic carbocycles. The largest absolute Gasteiger partial charge is 0.391 e. The number of carbonyl (C=O) groups is 3. The van der Waals surface area contributed by atoms with Crippen LogP contribution in [0.4, 0.5) is 0 Å². The average molecular weight is 500 g/mol. The lowest BCUT2D eigenvalue weighted by Crippen LogP contribution is -2.54. The van der Waals surface area contributed by atoms with E-state index >= 15 is 0 Å². The smallest absolute Gasteiger partial charge is 0.245 e. The first kappa shape index (κ1) is 26.1. The molecule has 2 N–H and O–H groups in total. The Balaban J connectivity index is 1.49. The van der Waals surface area contributed by atoms with E-state index in [-0.39, 0.29) is 31.2 Å². The molecule has 1 unspecified atom stereocenters. The van der Waals surface area contributed by atoms with Gasteiger partial charge in [0.15, 0.2) is 0 Å². The monoisotopic (exact) mass is 499 g/mol. The second-order valence-electron chi connectivity index (χ2n) is 9.54. The van der Waals surface area contributed by atoms with Crippen molar-refractivity contribution < 1.29 is 19.5 Å². The summed E-state index contributed by atoms with van der Waals surface area (Å²) in [5, 5.41) is 13.2. The predicted molar refractivity (Wildman–Crippen MR) is 141 cm³/mol. The molecule has 37 heavy (non-hydrogen) atoms. The quantitative estimate of drug-likeness (QED) is 0.474. The van der Waals surface area contributed by atoms with E-state index < -0.39 is 24.1 Å². The van der Waals surface area contributed by atoms with Gasteiger partial charge in [-0.25, -0.2) is 0 Å². The highest BCUT2D eigenvalue weighted by molar-refractivity contribution is 5.93. The lowest BCUT2D eigenvalue weighted by atomic mass is 10.0. The van der Waals surface area contributed by atoms with Crippen LogP contribution in [0, 0.1) is 0 Å². The number of likely N-dealkylation sites (N-methyl/N-ethyl adjacent to an activating group) is 1. The second kappa shape index (κ2) is 12.3. The summed E-state index contributed by atoms with van der Waals surface area (Å²) >= 11 is 0. The van der Waals surface area contributed by atoms with Crippen molar-refractivity contribution in [2.45, 2.75) is 44.0 Å². The number of rotatable bonds is 9. The number of nitrogens with one attached hydrogen (secondary N) is 1. The van der Waals surface area contributed by atoms with Crippen molar-refractivity contribution in [1.29, 1.82) is 0 Å². The molecule has 1 fully saturated rings. The van der Waals surface area contributed by atoms with Crippen LogP contribution in [0.15, 0.2) is 91.0 Å². The highest BCUT2D eigenvalue weighted by Gasteiger charge is 2.40. The topological polar surface area (TPSA) is 89.9 Å². The van der Waals surface area contributed by atoms with Gasteiger partial charge in [-0.15, -0.1) is 0 Å². The summed E-state index contributed by atoms with van der Waals surface area (Å²) in [7, 11) is 1.72. The standard InChI is InChI=1S/C30H33N3O4/c1-32(20-24-15-9-4-10-16-24)30(37)26(17-22-11-5-2-6-12-22)31-29(36)27-19-25(34)21-33(27)28(35)18-23-13-7-3-8-14-23/h2-16,25-27,34H,17-21H2,1H3,(H,31,36)/t25-,26-,27?/m1/s1. The van der Waals surface area contributed by atoms with E-state index in [1.165, 1.54) is 4.90 Å².